The second kappa shape index (κ2) is 11.2. The molecule has 0 saturated carbocycles. The lowest BCUT2D eigenvalue weighted by Gasteiger charge is -2.06. The first-order valence-electron chi connectivity index (χ1n) is 13.6. The fraction of sp³-hybridized carbons (Fsp3) is 0. The largest absolute Gasteiger partial charge is 0.435 e. The molecule has 0 bridgehead atoms. The number of thiazole rings is 2. The SMILES string of the molecule is [C-]#[N+]c1c(F)c(F)c(-c2ncc(-c3nc4cc5cc6oc(-c7cnc(-c8c(F)c(F)c(C#N)c(F)c8F)s7)nc6cc5cc4o3)s2)c(F)c1F. The number of aromatic nitrogens is 4. The van der Waals surface area contributed by atoms with Gasteiger partial charge in [0.1, 0.15) is 42.4 Å². The van der Waals surface area contributed by atoms with E-state index in [1.54, 1.807) is 24.3 Å². The van der Waals surface area contributed by atoms with Gasteiger partial charge in [0.05, 0.1) is 30.1 Å². The van der Waals surface area contributed by atoms with Crippen molar-refractivity contribution in [2.75, 3.05) is 0 Å². The van der Waals surface area contributed by atoms with Crippen molar-refractivity contribution in [1.82, 2.24) is 19.9 Å². The smallest absolute Gasteiger partial charge is 0.262 e. The molecule has 0 radical (unpaired) electrons. The molecule has 0 atom stereocenters. The predicted octanol–water partition coefficient (Wildman–Crippen LogP) is 10.2. The molecule has 4 aromatic heterocycles. The van der Waals surface area contributed by atoms with Crippen molar-refractivity contribution < 1.29 is 44.0 Å². The molecule has 4 aromatic carbocycles. The van der Waals surface area contributed by atoms with Crippen LogP contribution < -0.4 is 0 Å². The molecular weight excluding hydrogens is 717 g/mol. The van der Waals surface area contributed by atoms with Crippen LogP contribution in [0.25, 0.3) is 80.5 Å². The van der Waals surface area contributed by atoms with Crippen molar-refractivity contribution in [1.29, 1.82) is 5.26 Å². The zero-order valence-corrected chi connectivity index (χ0v) is 25.4. The number of hydrogen-bond donors (Lipinski definition) is 0. The van der Waals surface area contributed by atoms with Crippen LogP contribution in [0.15, 0.2) is 45.5 Å². The van der Waals surface area contributed by atoms with Gasteiger partial charge in [0.15, 0.2) is 57.7 Å². The summed E-state index contributed by atoms with van der Waals surface area (Å²) < 4.78 is 127. The molecule has 0 saturated heterocycles. The van der Waals surface area contributed by atoms with E-state index in [1.807, 2.05) is 0 Å². The maximum absolute atomic E-state index is 14.6. The Morgan fingerprint density at radius 2 is 1.04 bits per heavy atom. The molecule has 4 heterocycles. The van der Waals surface area contributed by atoms with Gasteiger partial charge in [0, 0.05) is 0 Å². The second-order valence-electron chi connectivity index (χ2n) is 10.3. The van der Waals surface area contributed by atoms with Crippen LogP contribution in [0, 0.1) is 64.4 Å². The highest BCUT2D eigenvalue weighted by Crippen LogP contribution is 2.41. The molecule has 50 heavy (non-hydrogen) atoms. The Morgan fingerprint density at radius 1 is 0.620 bits per heavy atom. The Bertz CT molecular complexity index is 2550. The van der Waals surface area contributed by atoms with Crippen LogP contribution >= 0.6 is 22.7 Å². The first-order chi connectivity index (χ1) is 24.0. The Hall–Kier alpha value is -6.24. The van der Waals surface area contributed by atoms with Crippen LogP contribution in [0.5, 0.6) is 0 Å². The fourth-order valence-corrected chi connectivity index (χ4v) is 6.86. The molecule has 18 heteroatoms. The van der Waals surface area contributed by atoms with Crippen LogP contribution in [0.2, 0.25) is 0 Å². The summed E-state index contributed by atoms with van der Waals surface area (Å²) in [5.74, 6) is -14.5. The van der Waals surface area contributed by atoms with Gasteiger partial charge in [0.25, 0.3) is 5.69 Å². The summed E-state index contributed by atoms with van der Waals surface area (Å²) in [6.45, 7) is 6.78. The second-order valence-corrected chi connectivity index (χ2v) is 12.4. The summed E-state index contributed by atoms with van der Waals surface area (Å²) in [5, 5.41) is 9.19. The van der Waals surface area contributed by atoms with Crippen LogP contribution in [-0.4, -0.2) is 19.9 Å². The normalized spacial score (nSPS) is 11.6. The zero-order valence-electron chi connectivity index (χ0n) is 23.8. The molecule has 8 rings (SSSR count). The van der Waals surface area contributed by atoms with Crippen molar-refractivity contribution in [2.45, 2.75) is 0 Å². The minimum atomic E-state index is -1.85. The molecule has 0 unspecified atom stereocenters. The lowest BCUT2D eigenvalue weighted by molar-refractivity contribution is 0.454. The predicted molar refractivity (Wildman–Crippen MR) is 163 cm³/mol. The molecule has 0 aliphatic heterocycles. The molecule has 0 fully saturated rings. The topological polar surface area (TPSA) is 106 Å². The van der Waals surface area contributed by atoms with E-state index in [0.29, 0.717) is 44.5 Å². The third-order valence-electron chi connectivity index (χ3n) is 7.44. The molecule has 0 aliphatic carbocycles. The third kappa shape index (κ3) is 4.53. The molecule has 0 amide bonds. The Labute approximate surface area is 279 Å². The molecule has 244 valence electrons. The lowest BCUT2D eigenvalue weighted by Crippen LogP contribution is -2.03. The van der Waals surface area contributed by atoms with E-state index < -0.39 is 78.9 Å². The number of nitriles is 1. The van der Waals surface area contributed by atoms with E-state index in [-0.39, 0.29) is 32.7 Å². The standard InChI is InChI=1S/C32H6F8N6O2S2/c1-42-28-26(39)24(37)19(25(38)27(28)40)32-44-8-17(50-32)30-46-13-3-10-4-14-12(2-9(10)5-15(13)48-30)45-29(47-14)16-7-43-31(49-16)18-22(35)20(33)11(6-41)21(34)23(18)36/h2-5,7-8H. The van der Waals surface area contributed by atoms with Gasteiger partial charge in [0.2, 0.25) is 11.8 Å². The van der Waals surface area contributed by atoms with Crippen molar-refractivity contribution >= 4 is 61.3 Å². The maximum Gasteiger partial charge on any atom is 0.262 e. The van der Waals surface area contributed by atoms with Gasteiger partial charge in [-0.05, 0) is 35.0 Å². The number of nitrogens with zero attached hydrogens (tertiary/aromatic N) is 6. The van der Waals surface area contributed by atoms with Gasteiger partial charge in [-0.2, -0.15) is 5.26 Å². The van der Waals surface area contributed by atoms with Gasteiger partial charge >= 0.3 is 0 Å². The van der Waals surface area contributed by atoms with Crippen LogP contribution in [-0.2, 0) is 0 Å². The van der Waals surface area contributed by atoms with Gasteiger partial charge in [-0.15, -0.1) is 22.7 Å². The Morgan fingerprint density at radius 3 is 1.44 bits per heavy atom. The Balaban J connectivity index is 1.13. The number of benzene rings is 4. The van der Waals surface area contributed by atoms with Crippen LogP contribution in [0.1, 0.15) is 5.56 Å². The highest BCUT2D eigenvalue weighted by Gasteiger charge is 2.30. The van der Waals surface area contributed by atoms with Gasteiger partial charge in [-0.25, -0.2) is 59.9 Å². The highest BCUT2D eigenvalue weighted by molar-refractivity contribution is 7.18. The lowest BCUT2D eigenvalue weighted by atomic mass is 10.1. The maximum atomic E-state index is 14.6. The van der Waals surface area contributed by atoms with Crippen LogP contribution in [0.3, 0.4) is 0 Å². The Kier molecular flexibility index (Phi) is 6.93. The first kappa shape index (κ1) is 31.1. The number of rotatable bonds is 4. The van der Waals surface area contributed by atoms with E-state index in [0.717, 1.165) is 18.5 Å². The number of hydrogen-bond acceptors (Lipinski definition) is 9. The van der Waals surface area contributed by atoms with E-state index in [4.69, 9.17) is 20.7 Å². The molecular formula is C32H6F8N6O2S2. The van der Waals surface area contributed by atoms with Gasteiger partial charge in [-0.1, -0.05) is 0 Å². The van der Waals surface area contributed by atoms with Crippen molar-refractivity contribution in [2.24, 2.45) is 0 Å². The molecule has 8 nitrogen and oxygen atoms in total. The third-order valence-corrected chi connectivity index (χ3v) is 9.45. The first-order valence-corrected chi connectivity index (χ1v) is 15.2. The summed E-state index contributed by atoms with van der Waals surface area (Å²) in [6.07, 6.45) is 2.31. The summed E-state index contributed by atoms with van der Waals surface area (Å²) in [7, 11) is 0. The highest BCUT2D eigenvalue weighted by atomic mass is 32.1. The average molecular weight is 723 g/mol. The van der Waals surface area contributed by atoms with E-state index in [9.17, 15) is 35.1 Å². The van der Waals surface area contributed by atoms with E-state index in [1.165, 1.54) is 0 Å². The zero-order chi connectivity index (χ0) is 35.2. The monoisotopic (exact) mass is 722 g/mol. The number of fused-ring (bicyclic) bond motifs is 3. The van der Waals surface area contributed by atoms with Gasteiger partial charge in [-0.3, -0.25) is 0 Å². The van der Waals surface area contributed by atoms with E-state index >= 15 is 0 Å². The average Bonchev–Trinajstić information content (AvgIpc) is 3.91. The number of halogens is 8. The number of oxazole rings is 2. The summed E-state index contributed by atoms with van der Waals surface area (Å²) in [4.78, 5) is 19.4. The van der Waals surface area contributed by atoms with Crippen molar-refractivity contribution in [3.8, 4) is 48.7 Å². The quantitative estimate of drug-likeness (QED) is 0.101. The molecule has 0 spiro atoms. The minimum absolute atomic E-state index is 0.0152. The summed E-state index contributed by atoms with van der Waals surface area (Å²) in [6, 6.07) is 7.60. The molecule has 8 aromatic rings. The summed E-state index contributed by atoms with van der Waals surface area (Å²) >= 11 is 1.29. The summed E-state index contributed by atoms with van der Waals surface area (Å²) in [5.41, 5.74) is -3.73. The van der Waals surface area contributed by atoms with Gasteiger partial charge < -0.3 is 8.83 Å². The van der Waals surface area contributed by atoms with E-state index in [2.05, 4.69) is 24.8 Å². The fourth-order valence-electron chi connectivity index (χ4n) is 5.11. The minimum Gasteiger partial charge on any atom is -0.435 e. The van der Waals surface area contributed by atoms with Crippen molar-refractivity contribution in [3.05, 3.63) is 100 Å². The van der Waals surface area contributed by atoms with Crippen LogP contribution in [0.4, 0.5) is 40.8 Å². The van der Waals surface area contributed by atoms with Crippen molar-refractivity contribution in [3.63, 3.8) is 0 Å². The molecule has 0 aliphatic rings. The molecule has 0 N–H and O–H groups in total.